The van der Waals surface area contributed by atoms with E-state index in [9.17, 15) is 9.59 Å². The molecule has 0 aliphatic heterocycles. The van der Waals surface area contributed by atoms with Crippen molar-refractivity contribution in [3.8, 4) is 0 Å². The summed E-state index contributed by atoms with van der Waals surface area (Å²) in [7, 11) is 1.88. The van der Waals surface area contributed by atoms with Crippen LogP contribution in [0.1, 0.15) is 22.8 Å². The van der Waals surface area contributed by atoms with E-state index in [0.717, 1.165) is 5.56 Å². The Morgan fingerprint density at radius 1 is 1.12 bits per heavy atom. The van der Waals surface area contributed by atoms with Crippen molar-refractivity contribution in [3.05, 3.63) is 64.7 Å². The molecule has 0 aliphatic carbocycles. The lowest BCUT2D eigenvalue weighted by Crippen LogP contribution is -2.39. The number of halogens is 1. The predicted octanol–water partition coefficient (Wildman–Crippen LogP) is 2.90. The van der Waals surface area contributed by atoms with Gasteiger partial charge in [0.1, 0.15) is 0 Å². The van der Waals surface area contributed by atoms with Crippen LogP contribution in [0.4, 0.5) is 5.69 Å². The van der Waals surface area contributed by atoms with Crippen molar-refractivity contribution in [1.29, 1.82) is 0 Å². The molecule has 2 aromatic rings. The van der Waals surface area contributed by atoms with Crippen LogP contribution in [0.5, 0.6) is 0 Å². The van der Waals surface area contributed by atoms with Crippen LogP contribution >= 0.6 is 11.6 Å². The number of nitrogens with zero attached hydrogens (tertiary/aromatic N) is 1. The third kappa shape index (κ3) is 4.81. The number of nitrogens with two attached hydrogens (primary N) is 1. The first-order valence-electron chi connectivity index (χ1n) is 7.52. The molecule has 126 valence electrons. The van der Waals surface area contributed by atoms with Crippen molar-refractivity contribution in [2.45, 2.75) is 19.5 Å². The molecule has 1 atom stereocenters. The maximum atomic E-state index is 12.4. The first-order chi connectivity index (χ1) is 11.4. The van der Waals surface area contributed by atoms with Gasteiger partial charge in [-0.05, 0) is 55.9 Å². The third-order valence-electron chi connectivity index (χ3n) is 3.82. The molecule has 0 aromatic heterocycles. The number of hydrogen-bond acceptors (Lipinski definition) is 3. The Morgan fingerprint density at radius 3 is 2.25 bits per heavy atom. The summed E-state index contributed by atoms with van der Waals surface area (Å²) in [4.78, 5) is 25.3. The summed E-state index contributed by atoms with van der Waals surface area (Å²) in [5.41, 5.74) is 7.30. The number of carbonyl (C=O) groups excluding carboxylic acids is 2. The van der Waals surface area contributed by atoms with Crippen LogP contribution in [-0.2, 0) is 11.3 Å². The molecule has 0 fully saturated rings. The monoisotopic (exact) mass is 345 g/mol. The maximum Gasteiger partial charge on any atom is 0.248 e. The largest absolute Gasteiger partial charge is 0.366 e. The van der Waals surface area contributed by atoms with E-state index in [1.807, 2.05) is 43.1 Å². The molecule has 2 aromatic carbocycles. The molecule has 6 heteroatoms. The van der Waals surface area contributed by atoms with Crippen molar-refractivity contribution in [2.75, 3.05) is 12.4 Å². The maximum absolute atomic E-state index is 12.4. The Kier molecular flexibility index (Phi) is 5.95. The van der Waals surface area contributed by atoms with E-state index in [0.29, 0.717) is 22.8 Å². The van der Waals surface area contributed by atoms with Crippen LogP contribution in [0.25, 0.3) is 0 Å². The van der Waals surface area contributed by atoms with Gasteiger partial charge in [0.15, 0.2) is 0 Å². The zero-order valence-electron chi connectivity index (χ0n) is 13.6. The molecule has 0 saturated carbocycles. The molecule has 0 unspecified atom stereocenters. The number of nitrogens with one attached hydrogen (secondary N) is 1. The van der Waals surface area contributed by atoms with E-state index in [1.165, 1.54) is 0 Å². The highest BCUT2D eigenvalue weighted by molar-refractivity contribution is 6.30. The lowest BCUT2D eigenvalue weighted by Gasteiger charge is -2.24. The van der Waals surface area contributed by atoms with Gasteiger partial charge in [-0.15, -0.1) is 0 Å². The van der Waals surface area contributed by atoms with E-state index >= 15 is 0 Å². The van der Waals surface area contributed by atoms with Gasteiger partial charge in [-0.1, -0.05) is 23.7 Å². The lowest BCUT2D eigenvalue weighted by atomic mass is 10.1. The second-order valence-electron chi connectivity index (χ2n) is 5.65. The summed E-state index contributed by atoms with van der Waals surface area (Å²) in [5, 5.41) is 3.52. The van der Waals surface area contributed by atoms with E-state index in [1.54, 1.807) is 24.3 Å². The smallest absolute Gasteiger partial charge is 0.248 e. The number of hydrogen-bond donors (Lipinski definition) is 2. The molecule has 0 heterocycles. The van der Waals surface area contributed by atoms with Gasteiger partial charge in [-0.3, -0.25) is 14.5 Å². The normalized spacial score (nSPS) is 12.0. The summed E-state index contributed by atoms with van der Waals surface area (Å²) in [5.74, 6) is -0.623. The van der Waals surface area contributed by atoms with Gasteiger partial charge >= 0.3 is 0 Å². The number of carbonyl (C=O) groups is 2. The number of primary amides is 1. The van der Waals surface area contributed by atoms with Crippen LogP contribution in [0, 0.1) is 0 Å². The van der Waals surface area contributed by atoms with Crippen LogP contribution in [-0.4, -0.2) is 29.8 Å². The van der Waals surface area contributed by atoms with E-state index in [2.05, 4.69) is 5.32 Å². The average molecular weight is 346 g/mol. The number of anilines is 1. The summed E-state index contributed by atoms with van der Waals surface area (Å²) < 4.78 is 0. The lowest BCUT2D eigenvalue weighted by molar-refractivity contribution is -0.120. The zero-order chi connectivity index (χ0) is 17.7. The van der Waals surface area contributed by atoms with Gasteiger partial charge in [-0.2, -0.15) is 0 Å². The van der Waals surface area contributed by atoms with Crippen LogP contribution < -0.4 is 11.1 Å². The number of amides is 2. The van der Waals surface area contributed by atoms with Crippen molar-refractivity contribution in [2.24, 2.45) is 5.73 Å². The highest BCUT2D eigenvalue weighted by Gasteiger charge is 2.18. The minimum Gasteiger partial charge on any atom is -0.366 e. The average Bonchev–Trinajstić information content (AvgIpc) is 2.56. The van der Waals surface area contributed by atoms with Gasteiger partial charge in [0.05, 0.1) is 6.04 Å². The Balaban J connectivity index is 1.95. The molecule has 0 aliphatic rings. The molecule has 0 spiro atoms. The van der Waals surface area contributed by atoms with Gasteiger partial charge in [0.25, 0.3) is 0 Å². The third-order valence-corrected chi connectivity index (χ3v) is 4.07. The minimum atomic E-state index is -0.496. The first-order valence-corrected chi connectivity index (χ1v) is 7.90. The standard InChI is InChI=1S/C18H20ClN3O2/c1-12(22(2)11-13-3-7-15(19)8-4-13)18(24)21-16-9-5-14(6-10-16)17(20)23/h3-10,12H,11H2,1-2H3,(H2,20,23)(H,21,24)/t12-/m0/s1. The highest BCUT2D eigenvalue weighted by atomic mass is 35.5. The molecule has 3 N–H and O–H groups in total. The highest BCUT2D eigenvalue weighted by Crippen LogP contribution is 2.14. The summed E-state index contributed by atoms with van der Waals surface area (Å²) >= 11 is 5.88. The van der Waals surface area contributed by atoms with Gasteiger partial charge < -0.3 is 11.1 Å². The van der Waals surface area contributed by atoms with Gasteiger partial charge in [0.2, 0.25) is 11.8 Å². The summed E-state index contributed by atoms with van der Waals surface area (Å²) in [6.45, 7) is 2.47. The van der Waals surface area contributed by atoms with E-state index < -0.39 is 5.91 Å². The Labute approximate surface area is 146 Å². The Hall–Kier alpha value is -2.37. The van der Waals surface area contributed by atoms with Crippen molar-refractivity contribution in [1.82, 2.24) is 4.90 Å². The second-order valence-corrected chi connectivity index (χ2v) is 6.08. The summed E-state index contributed by atoms with van der Waals surface area (Å²) in [6, 6.07) is 13.7. The van der Waals surface area contributed by atoms with Crippen LogP contribution in [0.2, 0.25) is 5.02 Å². The first kappa shape index (κ1) is 18.0. The van der Waals surface area contributed by atoms with Gasteiger partial charge in [-0.25, -0.2) is 0 Å². The molecule has 0 radical (unpaired) electrons. The molecule has 2 rings (SSSR count). The minimum absolute atomic E-state index is 0.127. The Morgan fingerprint density at radius 2 is 1.71 bits per heavy atom. The fourth-order valence-electron chi connectivity index (χ4n) is 2.18. The predicted molar refractivity (Wildman–Crippen MR) is 96.0 cm³/mol. The number of likely N-dealkylation sites (N-methyl/N-ethyl adjacent to an activating group) is 1. The number of rotatable bonds is 6. The Bertz CT molecular complexity index is 714. The van der Waals surface area contributed by atoms with Crippen LogP contribution in [0.3, 0.4) is 0 Å². The van der Waals surface area contributed by atoms with Crippen molar-refractivity contribution >= 4 is 29.1 Å². The second kappa shape index (κ2) is 7.95. The number of benzene rings is 2. The fraction of sp³-hybridized carbons (Fsp3) is 0.222. The SMILES string of the molecule is C[C@@H](C(=O)Nc1ccc(C(N)=O)cc1)N(C)Cc1ccc(Cl)cc1. The molecule has 0 saturated heterocycles. The van der Waals surface area contributed by atoms with Crippen LogP contribution in [0.15, 0.2) is 48.5 Å². The van der Waals surface area contributed by atoms with Crippen molar-refractivity contribution < 1.29 is 9.59 Å². The molecular weight excluding hydrogens is 326 g/mol. The summed E-state index contributed by atoms with van der Waals surface area (Å²) in [6.07, 6.45) is 0. The molecule has 5 nitrogen and oxygen atoms in total. The van der Waals surface area contributed by atoms with Crippen molar-refractivity contribution in [3.63, 3.8) is 0 Å². The van der Waals surface area contributed by atoms with E-state index in [4.69, 9.17) is 17.3 Å². The quantitative estimate of drug-likeness (QED) is 0.845. The van der Waals surface area contributed by atoms with Gasteiger partial charge in [0, 0.05) is 22.8 Å². The zero-order valence-corrected chi connectivity index (χ0v) is 14.4. The topological polar surface area (TPSA) is 75.4 Å². The van der Waals surface area contributed by atoms with E-state index in [-0.39, 0.29) is 11.9 Å². The fourth-order valence-corrected chi connectivity index (χ4v) is 2.31. The molecule has 0 bridgehead atoms. The molecule has 24 heavy (non-hydrogen) atoms. The molecule has 2 amide bonds. The molecular formula is C18H20ClN3O2.